The molecule has 154 valence electrons. The second-order valence-electron chi connectivity index (χ2n) is 7.07. The van der Waals surface area contributed by atoms with Gasteiger partial charge in [-0.05, 0) is 18.4 Å². The van der Waals surface area contributed by atoms with Crippen molar-refractivity contribution in [2.24, 2.45) is 5.92 Å². The first-order valence-corrected chi connectivity index (χ1v) is 9.34. The predicted octanol–water partition coefficient (Wildman–Crippen LogP) is 3.10. The van der Waals surface area contributed by atoms with Gasteiger partial charge in [0.1, 0.15) is 12.0 Å². The summed E-state index contributed by atoms with van der Waals surface area (Å²) in [4.78, 5) is 14.5. The number of ether oxygens (including phenoxy) is 2. The summed E-state index contributed by atoms with van der Waals surface area (Å²) in [6.07, 6.45) is 1.18. The number of halogens is 2. The number of nitrogens with zero attached hydrogens (tertiary/aromatic N) is 6. The highest BCUT2D eigenvalue weighted by Gasteiger charge is 2.33. The molecule has 1 fully saturated rings. The van der Waals surface area contributed by atoms with Crippen LogP contribution in [0, 0.1) is 5.92 Å². The lowest BCUT2D eigenvalue weighted by molar-refractivity contribution is 0.146. The van der Waals surface area contributed by atoms with Crippen LogP contribution < -0.4 is 14.4 Å². The quantitative estimate of drug-likeness (QED) is 0.647. The Labute approximate surface area is 166 Å². The topological polar surface area (TPSA) is 77.7 Å². The van der Waals surface area contributed by atoms with Crippen LogP contribution in [0.3, 0.4) is 0 Å². The van der Waals surface area contributed by atoms with E-state index in [1.165, 1.54) is 12.4 Å². The second kappa shape index (κ2) is 7.76. The normalized spacial score (nSPS) is 19.7. The second-order valence-corrected chi connectivity index (χ2v) is 7.07. The van der Waals surface area contributed by atoms with Crippen molar-refractivity contribution in [3.63, 3.8) is 0 Å². The molecule has 1 aliphatic rings. The van der Waals surface area contributed by atoms with E-state index in [1.807, 2.05) is 0 Å². The Bertz CT molecular complexity index is 1010. The van der Waals surface area contributed by atoms with Gasteiger partial charge in [-0.1, -0.05) is 6.92 Å². The largest absolute Gasteiger partial charge is 0.493 e. The standard InChI is InChI=1S/C19H22F2N6O2/c1-11-5-7-26(18-16(29-3)15(28-2)4-6-22-18)9-12(11)14-8-13(17(20)21)25-19-23-10-24-27(14)19/h4,6,8,10-12,17H,5,7,9H2,1-3H3/t11-,12?/m1/s1. The molecule has 4 rings (SSSR count). The molecule has 0 radical (unpaired) electrons. The van der Waals surface area contributed by atoms with Crippen molar-refractivity contribution in [2.45, 2.75) is 25.7 Å². The van der Waals surface area contributed by atoms with Crippen LogP contribution in [0.1, 0.15) is 37.1 Å². The minimum atomic E-state index is -2.68. The first kappa shape index (κ1) is 19.3. The Balaban J connectivity index is 1.75. The van der Waals surface area contributed by atoms with Gasteiger partial charge in [0, 0.05) is 31.3 Å². The maximum absolute atomic E-state index is 13.4. The van der Waals surface area contributed by atoms with Crippen LogP contribution in [0.5, 0.6) is 11.5 Å². The molecule has 0 aromatic carbocycles. The summed E-state index contributed by atoms with van der Waals surface area (Å²) in [5, 5.41) is 4.21. The summed E-state index contributed by atoms with van der Waals surface area (Å²) in [6.45, 7) is 3.45. The highest BCUT2D eigenvalue weighted by molar-refractivity contribution is 5.60. The van der Waals surface area contributed by atoms with Crippen LogP contribution in [0.25, 0.3) is 5.78 Å². The zero-order valence-corrected chi connectivity index (χ0v) is 16.4. The molecule has 0 aliphatic carbocycles. The van der Waals surface area contributed by atoms with Crippen LogP contribution in [-0.4, -0.2) is 51.9 Å². The van der Waals surface area contributed by atoms with Crippen molar-refractivity contribution >= 4 is 11.6 Å². The molecule has 0 saturated carbocycles. The number of pyridine rings is 1. The van der Waals surface area contributed by atoms with Crippen molar-refractivity contribution in [3.8, 4) is 11.5 Å². The fraction of sp³-hybridized carbons (Fsp3) is 0.474. The molecule has 0 bridgehead atoms. The van der Waals surface area contributed by atoms with Crippen molar-refractivity contribution in [3.05, 3.63) is 36.0 Å². The first-order valence-electron chi connectivity index (χ1n) is 9.34. The van der Waals surface area contributed by atoms with Crippen LogP contribution in [-0.2, 0) is 0 Å². The van der Waals surface area contributed by atoms with Gasteiger partial charge >= 0.3 is 0 Å². The third kappa shape index (κ3) is 3.43. The van der Waals surface area contributed by atoms with Gasteiger partial charge in [-0.2, -0.15) is 10.1 Å². The maximum atomic E-state index is 13.4. The molecule has 1 unspecified atom stereocenters. The molecule has 0 spiro atoms. The monoisotopic (exact) mass is 404 g/mol. The van der Waals surface area contributed by atoms with E-state index in [4.69, 9.17) is 9.47 Å². The van der Waals surface area contributed by atoms with E-state index in [9.17, 15) is 8.78 Å². The number of alkyl halides is 2. The van der Waals surface area contributed by atoms with Crippen LogP contribution in [0.4, 0.5) is 14.6 Å². The van der Waals surface area contributed by atoms with E-state index >= 15 is 0 Å². The lowest BCUT2D eigenvalue weighted by Gasteiger charge is -2.38. The Hall–Kier alpha value is -3.04. The molecule has 2 atom stereocenters. The number of fused-ring (bicyclic) bond motifs is 1. The van der Waals surface area contributed by atoms with E-state index in [-0.39, 0.29) is 23.3 Å². The molecular formula is C19H22F2N6O2. The number of hydrogen-bond donors (Lipinski definition) is 0. The summed E-state index contributed by atoms with van der Waals surface area (Å²) in [6, 6.07) is 3.18. The van der Waals surface area contributed by atoms with Gasteiger partial charge < -0.3 is 14.4 Å². The van der Waals surface area contributed by atoms with E-state index in [0.29, 0.717) is 29.6 Å². The van der Waals surface area contributed by atoms with Crippen LogP contribution >= 0.6 is 0 Å². The number of methoxy groups -OCH3 is 2. The number of piperidine rings is 1. The molecule has 3 aromatic heterocycles. The molecule has 0 N–H and O–H groups in total. The number of aromatic nitrogens is 5. The Morgan fingerprint density at radius 3 is 2.76 bits per heavy atom. The van der Waals surface area contributed by atoms with Crippen molar-refractivity contribution in [2.75, 3.05) is 32.2 Å². The minimum absolute atomic E-state index is 0.0637. The minimum Gasteiger partial charge on any atom is -0.493 e. The number of anilines is 1. The fourth-order valence-corrected chi connectivity index (χ4v) is 3.87. The van der Waals surface area contributed by atoms with E-state index in [2.05, 4.69) is 31.9 Å². The van der Waals surface area contributed by atoms with Gasteiger partial charge in [0.2, 0.25) is 5.75 Å². The number of rotatable bonds is 5. The Morgan fingerprint density at radius 2 is 2.03 bits per heavy atom. The smallest absolute Gasteiger partial charge is 0.280 e. The highest BCUT2D eigenvalue weighted by Crippen LogP contribution is 2.40. The summed E-state index contributed by atoms with van der Waals surface area (Å²) in [5.41, 5.74) is 0.378. The fourth-order valence-electron chi connectivity index (χ4n) is 3.87. The zero-order chi connectivity index (χ0) is 20.5. The van der Waals surface area contributed by atoms with E-state index < -0.39 is 6.43 Å². The lowest BCUT2D eigenvalue weighted by Crippen LogP contribution is -2.40. The molecule has 3 aromatic rings. The average Bonchev–Trinajstić information content (AvgIpc) is 3.21. The summed E-state index contributed by atoms with van der Waals surface area (Å²) >= 11 is 0. The van der Waals surface area contributed by atoms with Crippen molar-refractivity contribution < 1.29 is 18.3 Å². The molecule has 8 nitrogen and oxygen atoms in total. The van der Waals surface area contributed by atoms with Crippen molar-refractivity contribution in [1.29, 1.82) is 0 Å². The first-order chi connectivity index (χ1) is 14.0. The molecule has 29 heavy (non-hydrogen) atoms. The Kier molecular flexibility index (Phi) is 5.16. The van der Waals surface area contributed by atoms with Gasteiger partial charge in [-0.3, -0.25) is 0 Å². The van der Waals surface area contributed by atoms with Crippen molar-refractivity contribution in [1.82, 2.24) is 24.6 Å². The summed E-state index contributed by atoms with van der Waals surface area (Å²) in [7, 11) is 3.15. The maximum Gasteiger partial charge on any atom is 0.280 e. The zero-order valence-electron chi connectivity index (χ0n) is 16.4. The van der Waals surface area contributed by atoms with E-state index in [1.54, 1.807) is 31.0 Å². The third-order valence-electron chi connectivity index (χ3n) is 5.43. The molecular weight excluding hydrogens is 382 g/mol. The van der Waals surface area contributed by atoms with Crippen LogP contribution in [0.15, 0.2) is 24.7 Å². The lowest BCUT2D eigenvalue weighted by atomic mass is 9.84. The molecule has 4 heterocycles. The van der Waals surface area contributed by atoms with Gasteiger partial charge in [-0.15, -0.1) is 0 Å². The Morgan fingerprint density at radius 1 is 1.21 bits per heavy atom. The molecule has 1 aliphatic heterocycles. The molecule has 0 amide bonds. The highest BCUT2D eigenvalue weighted by atomic mass is 19.3. The van der Waals surface area contributed by atoms with Gasteiger partial charge in [0.05, 0.1) is 19.9 Å². The summed E-state index contributed by atoms with van der Waals surface area (Å²) in [5.74, 6) is 2.18. The molecule has 1 saturated heterocycles. The van der Waals surface area contributed by atoms with E-state index in [0.717, 1.165) is 13.0 Å². The van der Waals surface area contributed by atoms with Gasteiger partial charge in [0.25, 0.3) is 12.2 Å². The van der Waals surface area contributed by atoms with Gasteiger partial charge in [0.15, 0.2) is 11.6 Å². The SMILES string of the molecule is COc1ccnc(N2CC[C@@H](C)C(c3cc(C(F)F)nc4ncnn34)C2)c1OC. The van der Waals surface area contributed by atoms with Crippen LogP contribution in [0.2, 0.25) is 0 Å². The number of hydrogen-bond acceptors (Lipinski definition) is 7. The third-order valence-corrected chi connectivity index (χ3v) is 5.43. The summed E-state index contributed by atoms with van der Waals surface area (Å²) < 4.78 is 39.3. The molecule has 10 heteroatoms. The predicted molar refractivity (Wildman–Crippen MR) is 102 cm³/mol. The average molecular weight is 404 g/mol. The van der Waals surface area contributed by atoms with Gasteiger partial charge in [-0.25, -0.2) is 23.3 Å².